The van der Waals surface area contributed by atoms with E-state index in [-0.39, 0.29) is 7.43 Å². The van der Waals surface area contributed by atoms with E-state index < -0.39 is 0 Å². The summed E-state index contributed by atoms with van der Waals surface area (Å²) in [7, 11) is 0. The Hall–Kier alpha value is -1.48. The maximum Gasteiger partial charge on any atom is 0.132 e. The Kier molecular flexibility index (Phi) is 23.0. The van der Waals surface area contributed by atoms with Crippen LogP contribution in [0.1, 0.15) is 138 Å². The van der Waals surface area contributed by atoms with Crippen LogP contribution >= 0.6 is 0 Å². The van der Waals surface area contributed by atoms with Crippen molar-refractivity contribution >= 4 is 23.1 Å². The highest BCUT2D eigenvalue weighted by molar-refractivity contribution is 5.78. The summed E-state index contributed by atoms with van der Waals surface area (Å²) in [5.74, 6) is 4.01. The van der Waals surface area contributed by atoms with Gasteiger partial charge >= 0.3 is 0 Å². The van der Waals surface area contributed by atoms with Crippen LogP contribution in [0.2, 0.25) is 0 Å². The largest absolute Gasteiger partial charge is 0.330 e. The van der Waals surface area contributed by atoms with Crippen molar-refractivity contribution in [3.63, 3.8) is 0 Å². The molecule has 7 N–H and O–H groups in total. The van der Waals surface area contributed by atoms with Gasteiger partial charge < -0.3 is 32.1 Å². The molecule has 0 spiro atoms. The molecular formula is C35H68N4O4. The number of hydrogen-bond donors (Lipinski definition) is 4. The molecule has 0 aromatic carbocycles. The maximum atomic E-state index is 11.0. The lowest BCUT2D eigenvalue weighted by atomic mass is 9.80. The van der Waals surface area contributed by atoms with Gasteiger partial charge in [0.05, 0.1) is 0 Å². The molecule has 8 heteroatoms. The van der Waals surface area contributed by atoms with Gasteiger partial charge in [0.2, 0.25) is 0 Å². The Morgan fingerprint density at radius 2 is 0.860 bits per heavy atom. The molecular weight excluding hydrogens is 540 g/mol. The second-order valence-corrected chi connectivity index (χ2v) is 13.6. The Morgan fingerprint density at radius 1 is 0.535 bits per heavy atom. The van der Waals surface area contributed by atoms with E-state index in [1.807, 2.05) is 0 Å². The summed E-state index contributed by atoms with van der Waals surface area (Å²) in [6.07, 6.45) is 17.0. The number of piperidine rings is 1. The highest BCUT2D eigenvalue weighted by Crippen LogP contribution is 2.28. The third-order valence-corrected chi connectivity index (χ3v) is 9.60. The molecule has 1 heterocycles. The maximum absolute atomic E-state index is 11.0. The van der Waals surface area contributed by atoms with Crippen molar-refractivity contribution in [1.82, 2.24) is 5.32 Å². The molecule has 8 nitrogen and oxygen atoms in total. The molecule has 4 rings (SSSR count). The van der Waals surface area contributed by atoms with Crippen LogP contribution in [0, 0.1) is 29.6 Å². The van der Waals surface area contributed by atoms with E-state index >= 15 is 0 Å². The van der Waals surface area contributed by atoms with Crippen LogP contribution in [0.25, 0.3) is 0 Å². The number of carbonyl (C=O) groups excluding carboxylic acids is 4. The molecule has 3 aliphatic carbocycles. The van der Waals surface area contributed by atoms with E-state index in [1.165, 1.54) is 12.8 Å². The van der Waals surface area contributed by atoms with Crippen molar-refractivity contribution in [3.8, 4) is 0 Å². The highest BCUT2D eigenvalue weighted by Gasteiger charge is 2.23. The molecule has 0 amide bonds. The standard InChI is InChI=1S/2C9H17NO.2C8H15NO.CH4/c1-7(11)9-4-2-8(6-10)3-5-9;1-7(11)6-8-2-4-9(10)5-3-8;1-7(10)6-8-2-4-9-5-3-8;1-6(10)7-2-4-8(9)5-3-7;/h2*8-9H,2-6,10H2,1H3;8-9H,2-6H2,1H3;7-8H,2-5,9H2,1H3;1H4. The first-order valence-electron chi connectivity index (χ1n) is 16.8. The topological polar surface area (TPSA) is 158 Å². The zero-order valence-electron chi connectivity index (χ0n) is 27.3. The van der Waals surface area contributed by atoms with E-state index in [9.17, 15) is 19.2 Å². The number of nitrogens with one attached hydrogen (secondary N) is 1. The van der Waals surface area contributed by atoms with Crippen LogP contribution in [0.5, 0.6) is 0 Å². The molecule has 4 fully saturated rings. The number of rotatable bonds is 7. The molecule has 1 aliphatic heterocycles. The van der Waals surface area contributed by atoms with Gasteiger partial charge in [0.1, 0.15) is 23.1 Å². The van der Waals surface area contributed by atoms with E-state index in [0.717, 1.165) is 110 Å². The van der Waals surface area contributed by atoms with E-state index in [1.54, 1.807) is 27.7 Å². The molecule has 43 heavy (non-hydrogen) atoms. The Morgan fingerprint density at radius 3 is 1.21 bits per heavy atom. The molecule has 0 aromatic rings. The average Bonchev–Trinajstić information content (AvgIpc) is 2.95. The molecule has 3 saturated carbocycles. The fourth-order valence-electron chi connectivity index (χ4n) is 6.62. The first-order valence-corrected chi connectivity index (χ1v) is 16.8. The Bertz CT molecular complexity index is 775. The zero-order chi connectivity index (χ0) is 31.5. The predicted molar refractivity (Wildman–Crippen MR) is 179 cm³/mol. The first kappa shape index (κ1) is 41.5. The summed E-state index contributed by atoms with van der Waals surface area (Å²) >= 11 is 0. The number of Topliss-reactive ketones (excluding diaryl/α,β-unsaturated/α-hetero) is 4. The van der Waals surface area contributed by atoms with Crippen molar-refractivity contribution in [1.29, 1.82) is 0 Å². The van der Waals surface area contributed by atoms with Crippen LogP contribution in [-0.4, -0.2) is 54.9 Å². The second kappa shape index (κ2) is 23.8. The molecule has 1 saturated heterocycles. The summed E-state index contributed by atoms with van der Waals surface area (Å²) in [6, 6.07) is 0.758. The van der Waals surface area contributed by atoms with Crippen LogP contribution in [0.3, 0.4) is 0 Å². The van der Waals surface area contributed by atoms with Crippen LogP contribution in [0.15, 0.2) is 0 Å². The van der Waals surface area contributed by atoms with Crippen molar-refractivity contribution in [2.24, 2.45) is 46.8 Å². The summed E-state index contributed by atoms with van der Waals surface area (Å²) < 4.78 is 0. The lowest BCUT2D eigenvalue weighted by Crippen LogP contribution is -2.28. The molecule has 0 bridgehead atoms. The normalized spacial score (nSPS) is 29.0. The van der Waals surface area contributed by atoms with E-state index in [4.69, 9.17) is 17.2 Å². The summed E-state index contributed by atoms with van der Waals surface area (Å²) in [4.78, 5) is 43.3. The molecule has 0 unspecified atom stereocenters. The Balaban J connectivity index is 0.000000543. The molecule has 0 atom stereocenters. The van der Waals surface area contributed by atoms with Crippen molar-refractivity contribution < 1.29 is 19.2 Å². The first-order chi connectivity index (χ1) is 19.9. The van der Waals surface area contributed by atoms with E-state index in [2.05, 4.69) is 5.32 Å². The van der Waals surface area contributed by atoms with E-state index in [0.29, 0.717) is 64.8 Å². The molecule has 0 aromatic heterocycles. The van der Waals surface area contributed by atoms with Crippen molar-refractivity contribution in [2.45, 2.75) is 150 Å². The van der Waals surface area contributed by atoms with Gasteiger partial charge in [-0.15, -0.1) is 0 Å². The van der Waals surface area contributed by atoms with Crippen LogP contribution < -0.4 is 22.5 Å². The Labute approximate surface area is 263 Å². The lowest BCUT2D eigenvalue weighted by molar-refractivity contribution is -0.122. The van der Waals surface area contributed by atoms with Gasteiger partial charge in [0.25, 0.3) is 0 Å². The zero-order valence-corrected chi connectivity index (χ0v) is 27.3. The van der Waals surface area contributed by atoms with Crippen molar-refractivity contribution in [3.05, 3.63) is 0 Å². The minimum Gasteiger partial charge on any atom is -0.330 e. The van der Waals surface area contributed by atoms with Gasteiger partial charge in [-0.2, -0.15) is 0 Å². The molecule has 252 valence electrons. The van der Waals surface area contributed by atoms with Gasteiger partial charge in [-0.05, 0) is 155 Å². The highest BCUT2D eigenvalue weighted by atomic mass is 16.1. The molecule has 0 radical (unpaired) electrons. The fourth-order valence-corrected chi connectivity index (χ4v) is 6.62. The van der Waals surface area contributed by atoms with Crippen molar-refractivity contribution in [2.75, 3.05) is 19.6 Å². The average molecular weight is 609 g/mol. The van der Waals surface area contributed by atoms with Gasteiger partial charge in [-0.25, -0.2) is 0 Å². The van der Waals surface area contributed by atoms with Crippen LogP contribution in [-0.2, 0) is 19.2 Å². The van der Waals surface area contributed by atoms with Gasteiger partial charge in [0.15, 0.2) is 0 Å². The monoisotopic (exact) mass is 609 g/mol. The third kappa shape index (κ3) is 20.2. The smallest absolute Gasteiger partial charge is 0.132 e. The number of carbonyl (C=O) groups is 4. The predicted octanol–water partition coefficient (Wildman–Crippen LogP) is 5.52. The fraction of sp³-hybridized carbons (Fsp3) is 0.886. The second-order valence-electron chi connectivity index (χ2n) is 13.6. The minimum absolute atomic E-state index is 0. The third-order valence-electron chi connectivity index (χ3n) is 9.60. The van der Waals surface area contributed by atoms with Crippen LogP contribution in [0.4, 0.5) is 0 Å². The number of ketones is 4. The van der Waals surface area contributed by atoms with Gasteiger partial charge in [-0.1, -0.05) is 7.43 Å². The summed E-state index contributed by atoms with van der Waals surface area (Å²) in [5, 5.41) is 3.28. The lowest BCUT2D eigenvalue weighted by Gasteiger charge is -2.25. The van der Waals surface area contributed by atoms with Gasteiger partial charge in [0, 0.05) is 36.8 Å². The quantitative estimate of drug-likeness (QED) is 0.294. The summed E-state index contributed by atoms with van der Waals surface area (Å²) in [6.45, 7) is 9.73. The SMILES string of the molecule is C.CC(=O)C1CCC(CN)CC1.CC(=O)C1CCC(N)CC1.CC(=O)CC1CCC(N)CC1.CC(=O)CC1CCNCC1. The number of hydrogen-bond acceptors (Lipinski definition) is 8. The number of nitrogens with two attached hydrogens (primary N) is 3. The minimum atomic E-state index is 0. The molecule has 4 aliphatic rings. The van der Waals surface area contributed by atoms with Gasteiger partial charge in [-0.3, -0.25) is 9.59 Å². The summed E-state index contributed by atoms with van der Waals surface area (Å²) in [5.41, 5.74) is 17.0.